The lowest BCUT2D eigenvalue weighted by atomic mass is 9.96. The van der Waals surface area contributed by atoms with Gasteiger partial charge in [0.05, 0.1) is 6.04 Å². The number of thiophene rings is 1. The zero-order valence-electron chi connectivity index (χ0n) is 14.4. The van der Waals surface area contributed by atoms with Crippen molar-refractivity contribution in [1.82, 2.24) is 10.2 Å². The molecule has 2 unspecified atom stereocenters. The molecule has 3 N–H and O–H groups in total. The SMILES string of the molecule is Cc1cc(C(C)NC(C)C(=O)N2CCC(C(N)=O)CC2)c(C)s1. The van der Waals surface area contributed by atoms with E-state index in [0.717, 1.165) is 0 Å². The van der Waals surface area contributed by atoms with E-state index in [1.165, 1.54) is 15.3 Å². The Morgan fingerprint density at radius 3 is 2.39 bits per heavy atom. The lowest BCUT2D eigenvalue weighted by molar-refractivity contribution is -0.136. The van der Waals surface area contributed by atoms with Gasteiger partial charge in [0.1, 0.15) is 0 Å². The van der Waals surface area contributed by atoms with Crippen molar-refractivity contribution in [3.8, 4) is 0 Å². The fraction of sp³-hybridized carbons (Fsp3) is 0.647. The first-order chi connectivity index (χ1) is 10.8. The quantitative estimate of drug-likeness (QED) is 0.864. The van der Waals surface area contributed by atoms with E-state index in [1.54, 1.807) is 11.3 Å². The van der Waals surface area contributed by atoms with Crippen LogP contribution in [0.1, 0.15) is 48.0 Å². The van der Waals surface area contributed by atoms with E-state index < -0.39 is 0 Å². The summed E-state index contributed by atoms with van der Waals surface area (Å²) < 4.78 is 0. The van der Waals surface area contributed by atoms with Gasteiger partial charge in [-0.2, -0.15) is 0 Å². The predicted molar refractivity (Wildman–Crippen MR) is 93.3 cm³/mol. The third kappa shape index (κ3) is 4.32. The van der Waals surface area contributed by atoms with Crippen LogP contribution >= 0.6 is 11.3 Å². The zero-order chi connectivity index (χ0) is 17.1. The first-order valence-electron chi connectivity index (χ1n) is 8.20. The van der Waals surface area contributed by atoms with Gasteiger partial charge in [0, 0.05) is 34.8 Å². The van der Waals surface area contributed by atoms with Gasteiger partial charge in [0.25, 0.3) is 0 Å². The molecule has 1 fully saturated rings. The Morgan fingerprint density at radius 1 is 1.30 bits per heavy atom. The average Bonchev–Trinajstić information content (AvgIpc) is 2.85. The van der Waals surface area contributed by atoms with Crippen LogP contribution in [0.15, 0.2) is 6.07 Å². The van der Waals surface area contributed by atoms with E-state index >= 15 is 0 Å². The van der Waals surface area contributed by atoms with Crippen molar-refractivity contribution in [2.45, 2.75) is 52.6 Å². The number of primary amides is 1. The molecule has 1 aromatic heterocycles. The van der Waals surface area contributed by atoms with Gasteiger partial charge in [-0.1, -0.05) is 0 Å². The Balaban J connectivity index is 1.90. The highest BCUT2D eigenvalue weighted by Gasteiger charge is 2.29. The molecule has 2 heterocycles. The first kappa shape index (κ1) is 17.9. The molecule has 2 amide bonds. The molecule has 1 aliphatic heterocycles. The van der Waals surface area contributed by atoms with Gasteiger partial charge in [-0.25, -0.2) is 0 Å². The van der Waals surface area contributed by atoms with E-state index in [4.69, 9.17) is 5.73 Å². The average molecular weight is 337 g/mol. The van der Waals surface area contributed by atoms with E-state index in [-0.39, 0.29) is 29.8 Å². The first-order valence-corrected chi connectivity index (χ1v) is 9.02. The minimum absolute atomic E-state index is 0.0855. The van der Waals surface area contributed by atoms with Crippen LogP contribution in [0.2, 0.25) is 0 Å². The van der Waals surface area contributed by atoms with Gasteiger partial charge < -0.3 is 10.6 Å². The predicted octanol–water partition coefficient (Wildman–Crippen LogP) is 2.13. The summed E-state index contributed by atoms with van der Waals surface area (Å²) >= 11 is 1.78. The van der Waals surface area contributed by atoms with Gasteiger partial charge in [0.2, 0.25) is 11.8 Å². The summed E-state index contributed by atoms with van der Waals surface area (Å²) in [5, 5.41) is 3.41. The van der Waals surface area contributed by atoms with Gasteiger partial charge >= 0.3 is 0 Å². The number of piperidine rings is 1. The number of nitrogens with two attached hydrogens (primary N) is 1. The van der Waals surface area contributed by atoms with Crippen LogP contribution in [0.25, 0.3) is 0 Å². The fourth-order valence-electron chi connectivity index (χ4n) is 3.27. The molecule has 0 bridgehead atoms. The number of carbonyl (C=O) groups excluding carboxylic acids is 2. The summed E-state index contributed by atoms with van der Waals surface area (Å²) in [5.74, 6) is -0.234. The topological polar surface area (TPSA) is 75.4 Å². The van der Waals surface area contributed by atoms with Crippen molar-refractivity contribution < 1.29 is 9.59 Å². The molecule has 2 rings (SSSR count). The normalized spacial score (nSPS) is 18.7. The lowest BCUT2D eigenvalue weighted by Gasteiger charge is -2.33. The van der Waals surface area contributed by atoms with Crippen LogP contribution in [-0.4, -0.2) is 35.8 Å². The molecule has 1 saturated heterocycles. The molecule has 6 heteroatoms. The van der Waals surface area contributed by atoms with Crippen molar-refractivity contribution in [2.24, 2.45) is 11.7 Å². The molecule has 128 valence electrons. The monoisotopic (exact) mass is 337 g/mol. The number of hydrogen-bond acceptors (Lipinski definition) is 4. The molecular formula is C17H27N3O2S. The second-order valence-electron chi connectivity index (χ2n) is 6.48. The molecule has 2 atom stereocenters. The van der Waals surface area contributed by atoms with Crippen LogP contribution in [0.5, 0.6) is 0 Å². The molecule has 1 aromatic rings. The standard InChI is InChI=1S/C17H27N3O2S/c1-10-9-15(13(4)23-10)11(2)19-12(3)17(22)20-7-5-14(6-8-20)16(18)21/h9,11-12,14,19H,5-8H2,1-4H3,(H2,18,21). The largest absolute Gasteiger partial charge is 0.369 e. The minimum atomic E-state index is -0.250. The van der Waals surface area contributed by atoms with Gasteiger partial charge in [0.15, 0.2) is 0 Å². The van der Waals surface area contributed by atoms with Crippen LogP contribution < -0.4 is 11.1 Å². The van der Waals surface area contributed by atoms with Crippen molar-refractivity contribution in [3.05, 3.63) is 21.4 Å². The minimum Gasteiger partial charge on any atom is -0.369 e. The van der Waals surface area contributed by atoms with Crippen molar-refractivity contribution in [1.29, 1.82) is 0 Å². The summed E-state index contributed by atoms with van der Waals surface area (Å²) in [6, 6.07) is 2.09. The Morgan fingerprint density at radius 2 is 1.91 bits per heavy atom. The van der Waals surface area contributed by atoms with Crippen LogP contribution in [0.3, 0.4) is 0 Å². The summed E-state index contributed by atoms with van der Waals surface area (Å²) in [6.45, 7) is 9.45. The highest BCUT2D eigenvalue weighted by atomic mass is 32.1. The van der Waals surface area contributed by atoms with E-state index in [1.807, 2.05) is 11.8 Å². The highest BCUT2D eigenvalue weighted by Crippen LogP contribution is 2.26. The number of amides is 2. The van der Waals surface area contributed by atoms with Crippen molar-refractivity contribution >= 4 is 23.2 Å². The van der Waals surface area contributed by atoms with Gasteiger partial charge in [-0.05, 0) is 52.2 Å². The second kappa shape index (κ2) is 7.45. The molecule has 0 aliphatic carbocycles. The molecule has 5 nitrogen and oxygen atoms in total. The number of nitrogens with zero attached hydrogens (tertiary/aromatic N) is 1. The number of likely N-dealkylation sites (tertiary alicyclic amines) is 1. The third-order valence-electron chi connectivity index (χ3n) is 4.63. The lowest BCUT2D eigenvalue weighted by Crippen LogP contribution is -2.49. The molecule has 0 saturated carbocycles. The second-order valence-corrected chi connectivity index (χ2v) is 7.94. The Bertz CT molecular complexity index is 576. The molecule has 23 heavy (non-hydrogen) atoms. The maximum Gasteiger partial charge on any atom is 0.239 e. The van der Waals surface area contributed by atoms with Crippen LogP contribution in [-0.2, 0) is 9.59 Å². The summed E-state index contributed by atoms with van der Waals surface area (Å²) in [7, 11) is 0. The number of aryl methyl sites for hydroxylation is 2. The smallest absolute Gasteiger partial charge is 0.239 e. The summed E-state index contributed by atoms with van der Waals surface area (Å²) in [5.41, 5.74) is 6.60. The van der Waals surface area contributed by atoms with Crippen molar-refractivity contribution in [3.63, 3.8) is 0 Å². The molecule has 0 radical (unpaired) electrons. The number of nitrogens with one attached hydrogen (secondary N) is 1. The summed E-state index contributed by atoms with van der Waals surface area (Å²) in [4.78, 5) is 28.2. The molecule has 0 aromatic carbocycles. The zero-order valence-corrected chi connectivity index (χ0v) is 15.2. The van der Waals surface area contributed by atoms with Crippen molar-refractivity contribution in [2.75, 3.05) is 13.1 Å². The number of carbonyl (C=O) groups is 2. The van der Waals surface area contributed by atoms with E-state index in [0.29, 0.717) is 25.9 Å². The van der Waals surface area contributed by atoms with Crippen LogP contribution in [0.4, 0.5) is 0 Å². The maximum absolute atomic E-state index is 12.6. The van der Waals surface area contributed by atoms with E-state index in [2.05, 4.69) is 32.2 Å². The summed E-state index contributed by atoms with van der Waals surface area (Å²) in [6.07, 6.45) is 1.35. The Kier molecular flexibility index (Phi) is 5.81. The number of hydrogen-bond donors (Lipinski definition) is 2. The van der Waals surface area contributed by atoms with Crippen LogP contribution in [0, 0.1) is 19.8 Å². The maximum atomic E-state index is 12.6. The molecular weight excluding hydrogens is 310 g/mol. The van der Waals surface area contributed by atoms with E-state index in [9.17, 15) is 9.59 Å². The molecule has 1 aliphatic rings. The number of rotatable bonds is 5. The fourth-order valence-corrected chi connectivity index (χ4v) is 4.30. The molecule has 0 spiro atoms. The van der Waals surface area contributed by atoms with Gasteiger partial charge in [-0.3, -0.25) is 14.9 Å². The Hall–Kier alpha value is -1.40. The van der Waals surface area contributed by atoms with Gasteiger partial charge in [-0.15, -0.1) is 11.3 Å². The third-order valence-corrected chi connectivity index (χ3v) is 5.61. The highest BCUT2D eigenvalue weighted by molar-refractivity contribution is 7.12. The Labute approximate surface area is 142 Å².